The molecule has 0 radical (unpaired) electrons. The van der Waals surface area contributed by atoms with Crippen LogP contribution in [0.25, 0.3) is 0 Å². The normalized spacial score (nSPS) is 17.8. The van der Waals surface area contributed by atoms with Gasteiger partial charge in [-0.25, -0.2) is 0 Å². The van der Waals surface area contributed by atoms with Gasteiger partial charge in [-0.3, -0.25) is 4.79 Å². The monoisotopic (exact) mass is 298 g/mol. The third-order valence-corrected chi connectivity index (χ3v) is 4.48. The number of hydrogen-bond acceptors (Lipinski definition) is 3. The molecule has 1 rings (SSSR count). The Labute approximate surface area is 130 Å². The molecule has 1 saturated carbocycles. The van der Waals surface area contributed by atoms with Crippen molar-refractivity contribution in [2.75, 3.05) is 19.6 Å². The molecule has 2 N–H and O–H groups in total. The van der Waals surface area contributed by atoms with Crippen molar-refractivity contribution < 1.29 is 9.90 Å². The van der Waals surface area contributed by atoms with Gasteiger partial charge in [-0.15, -0.1) is 0 Å². The van der Waals surface area contributed by atoms with Crippen LogP contribution in [-0.2, 0) is 4.79 Å². The summed E-state index contributed by atoms with van der Waals surface area (Å²) in [5.41, 5.74) is 0. The molecule has 21 heavy (non-hydrogen) atoms. The summed E-state index contributed by atoms with van der Waals surface area (Å²) in [4.78, 5) is 13.9. The Bertz CT molecular complexity index is 289. The average molecular weight is 298 g/mol. The van der Waals surface area contributed by atoms with Crippen LogP contribution in [-0.4, -0.2) is 47.7 Å². The molecule has 0 saturated heterocycles. The van der Waals surface area contributed by atoms with E-state index in [9.17, 15) is 9.90 Å². The molecule has 0 aromatic heterocycles. The summed E-state index contributed by atoms with van der Waals surface area (Å²) in [5, 5.41) is 12.5. The second-order valence-electron chi connectivity index (χ2n) is 6.79. The molecule has 0 aliphatic heterocycles. The van der Waals surface area contributed by atoms with Crippen LogP contribution >= 0.6 is 0 Å². The average Bonchev–Trinajstić information content (AvgIpc) is 2.95. The van der Waals surface area contributed by atoms with Gasteiger partial charge in [-0.1, -0.05) is 33.6 Å². The Morgan fingerprint density at radius 2 is 1.86 bits per heavy atom. The molecule has 0 aromatic carbocycles. The molecule has 4 heteroatoms. The van der Waals surface area contributed by atoms with E-state index in [4.69, 9.17) is 0 Å². The van der Waals surface area contributed by atoms with Crippen molar-refractivity contribution in [2.24, 2.45) is 5.92 Å². The fraction of sp³-hybridized carbons (Fsp3) is 0.941. The van der Waals surface area contributed by atoms with Crippen molar-refractivity contribution in [3.63, 3.8) is 0 Å². The first-order valence-electron chi connectivity index (χ1n) is 8.74. The Kier molecular flexibility index (Phi) is 8.93. The summed E-state index contributed by atoms with van der Waals surface area (Å²) < 4.78 is 0. The maximum absolute atomic E-state index is 11.3. The van der Waals surface area contributed by atoms with Gasteiger partial charge in [0.25, 0.3) is 0 Å². The van der Waals surface area contributed by atoms with Crippen LogP contribution in [0.4, 0.5) is 0 Å². The Morgan fingerprint density at radius 1 is 1.24 bits per heavy atom. The third kappa shape index (κ3) is 7.28. The largest absolute Gasteiger partial charge is 0.480 e. The third-order valence-electron chi connectivity index (χ3n) is 4.48. The van der Waals surface area contributed by atoms with Crippen LogP contribution in [0, 0.1) is 5.92 Å². The van der Waals surface area contributed by atoms with Gasteiger partial charge in [-0.2, -0.15) is 0 Å². The van der Waals surface area contributed by atoms with Crippen LogP contribution in [0.2, 0.25) is 0 Å². The fourth-order valence-electron chi connectivity index (χ4n) is 3.10. The summed E-state index contributed by atoms with van der Waals surface area (Å²) in [6, 6.07) is 0.289. The molecule has 0 heterocycles. The summed E-state index contributed by atoms with van der Waals surface area (Å²) in [6.45, 7) is 9.39. The molecular formula is C17H34N2O2. The van der Waals surface area contributed by atoms with Crippen LogP contribution in [0.3, 0.4) is 0 Å². The zero-order valence-electron chi connectivity index (χ0n) is 14.1. The highest BCUT2D eigenvalue weighted by Gasteiger charge is 2.24. The molecule has 1 fully saturated rings. The molecule has 1 atom stereocenters. The first-order chi connectivity index (χ1) is 10.0. The number of nitrogens with zero attached hydrogens (tertiary/aromatic N) is 1. The summed E-state index contributed by atoms with van der Waals surface area (Å²) in [5.74, 6) is 0.000992. The first-order valence-corrected chi connectivity index (χ1v) is 8.74. The van der Waals surface area contributed by atoms with Crippen molar-refractivity contribution >= 4 is 5.97 Å². The zero-order valence-corrected chi connectivity index (χ0v) is 14.1. The van der Waals surface area contributed by atoms with Crippen molar-refractivity contribution in [3.8, 4) is 0 Å². The van der Waals surface area contributed by atoms with Gasteiger partial charge in [0.1, 0.15) is 6.04 Å². The molecule has 1 aliphatic carbocycles. The van der Waals surface area contributed by atoms with Gasteiger partial charge in [0.2, 0.25) is 0 Å². The SMILES string of the molecule is CCCNC(CCN(CCC(C)C)C1CCCC1)C(=O)O. The van der Waals surface area contributed by atoms with Crippen LogP contribution < -0.4 is 5.32 Å². The van der Waals surface area contributed by atoms with Crippen molar-refractivity contribution in [3.05, 3.63) is 0 Å². The molecule has 124 valence electrons. The van der Waals surface area contributed by atoms with E-state index in [0.717, 1.165) is 26.1 Å². The summed E-state index contributed by atoms with van der Waals surface area (Å²) in [7, 11) is 0. The molecule has 4 nitrogen and oxygen atoms in total. The van der Waals surface area contributed by atoms with Gasteiger partial charge in [0.15, 0.2) is 0 Å². The lowest BCUT2D eigenvalue weighted by atomic mass is 10.1. The number of aliphatic carboxylic acids is 1. The lowest BCUT2D eigenvalue weighted by Crippen LogP contribution is -2.42. The minimum absolute atomic E-state index is 0.395. The standard InChI is InChI=1S/C17H34N2O2/c1-4-11-18-16(17(20)21)10-13-19(12-9-14(2)3)15-7-5-6-8-15/h14-16,18H,4-13H2,1-3H3,(H,20,21). The zero-order chi connectivity index (χ0) is 15.7. The molecule has 0 bridgehead atoms. The Morgan fingerprint density at radius 3 is 2.38 bits per heavy atom. The van der Waals surface area contributed by atoms with Crippen molar-refractivity contribution in [1.29, 1.82) is 0 Å². The Hall–Kier alpha value is -0.610. The summed E-state index contributed by atoms with van der Waals surface area (Å²) >= 11 is 0. The Balaban J connectivity index is 2.47. The van der Waals surface area contributed by atoms with Gasteiger partial charge in [0, 0.05) is 12.6 Å². The fourth-order valence-corrected chi connectivity index (χ4v) is 3.10. The number of rotatable bonds is 11. The maximum atomic E-state index is 11.3. The first kappa shape index (κ1) is 18.4. The van der Waals surface area contributed by atoms with Crippen molar-refractivity contribution in [2.45, 2.75) is 77.8 Å². The predicted molar refractivity (Wildman–Crippen MR) is 87.6 cm³/mol. The van der Waals surface area contributed by atoms with E-state index in [0.29, 0.717) is 18.4 Å². The lowest BCUT2D eigenvalue weighted by molar-refractivity contribution is -0.139. The molecular weight excluding hydrogens is 264 g/mol. The quantitative estimate of drug-likeness (QED) is 0.615. The van der Waals surface area contributed by atoms with Crippen LogP contribution in [0.15, 0.2) is 0 Å². The molecule has 0 spiro atoms. The molecule has 0 aromatic rings. The van der Waals surface area contributed by atoms with Crippen molar-refractivity contribution in [1.82, 2.24) is 10.2 Å². The highest BCUT2D eigenvalue weighted by atomic mass is 16.4. The topological polar surface area (TPSA) is 52.6 Å². The highest BCUT2D eigenvalue weighted by Crippen LogP contribution is 2.24. The minimum Gasteiger partial charge on any atom is -0.480 e. The van der Waals surface area contributed by atoms with Gasteiger partial charge >= 0.3 is 5.97 Å². The smallest absolute Gasteiger partial charge is 0.320 e. The van der Waals surface area contributed by atoms with Gasteiger partial charge in [0.05, 0.1) is 0 Å². The second-order valence-corrected chi connectivity index (χ2v) is 6.79. The number of carboxylic acid groups (broad SMARTS) is 1. The van der Waals surface area contributed by atoms with Crippen LogP contribution in [0.1, 0.15) is 65.7 Å². The number of nitrogens with one attached hydrogen (secondary N) is 1. The molecule has 0 amide bonds. The van der Waals surface area contributed by atoms with E-state index < -0.39 is 12.0 Å². The lowest BCUT2D eigenvalue weighted by Gasteiger charge is -2.30. The molecule has 1 unspecified atom stereocenters. The van der Waals surface area contributed by atoms with E-state index in [1.54, 1.807) is 0 Å². The van der Waals surface area contributed by atoms with Crippen LogP contribution in [0.5, 0.6) is 0 Å². The minimum atomic E-state index is -0.710. The number of carboxylic acids is 1. The maximum Gasteiger partial charge on any atom is 0.320 e. The summed E-state index contributed by atoms with van der Waals surface area (Å²) in [6.07, 6.45) is 8.14. The second kappa shape index (κ2) is 10.2. The van der Waals surface area contributed by atoms with E-state index in [2.05, 4.69) is 31.0 Å². The highest BCUT2D eigenvalue weighted by molar-refractivity contribution is 5.73. The molecule has 1 aliphatic rings. The number of hydrogen-bond donors (Lipinski definition) is 2. The van der Waals surface area contributed by atoms with E-state index in [1.807, 2.05) is 0 Å². The number of carbonyl (C=O) groups is 1. The van der Waals surface area contributed by atoms with E-state index in [1.165, 1.54) is 32.1 Å². The van der Waals surface area contributed by atoms with Gasteiger partial charge in [-0.05, 0) is 51.1 Å². The van der Waals surface area contributed by atoms with Gasteiger partial charge < -0.3 is 15.3 Å². The van der Waals surface area contributed by atoms with E-state index >= 15 is 0 Å². The van der Waals surface area contributed by atoms with E-state index in [-0.39, 0.29) is 0 Å². The predicted octanol–water partition coefficient (Wildman–Crippen LogP) is 3.12.